The molecule has 50 heavy (non-hydrogen) atoms. The number of thiophene rings is 1. The van der Waals surface area contributed by atoms with E-state index >= 15 is 0 Å². The van der Waals surface area contributed by atoms with Crippen molar-refractivity contribution in [3.8, 4) is 56.2 Å². The summed E-state index contributed by atoms with van der Waals surface area (Å²) in [5, 5.41) is 4.72. The molecule has 4 nitrogen and oxygen atoms in total. The normalized spacial score (nSPS) is 11.6. The van der Waals surface area contributed by atoms with Crippen LogP contribution in [0.3, 0.4) is 0 Å². The highest BCUT2D eigenvalue weighted by atomic mass is 32.1. The summed E-state index contributed by atoms with van der Waals surface area (Å²) in [6, 6.07) is 52.9. The molecule has 0 saturated carbocycles. The molecule has 10 aromatic rings. The minimum Gasteiger partial charge on any atom is -0.455 e. The topological polar surface area (TPSA) is 51.8 Å². The molecule has 6 aromatic carbocycles. The molecular weight excluding hydrogens is 631 g/mol. The fraction of sp³-hybridized carbons (Fsp3) is 0. The van der Waals surface area contributed by atoms with Crippen LogP contribution >= 0.6 is 11.3 Å². The number of para-hydroxylation sites is 1. The Morgan fingerprint density at radius 3 is 2.02 bits per heavy atom. The quantitative estimate of drug-likeness (QED) is 0.185. The highest BCUT2D eigenvalue weighted by Gasteiger charge is 2.20. The van der Waals surface area contributed by atoms with E-state index in [2.05, 4.69) is 120 Å². The van der Waals surface area contributed by atoms with E-state index in [-0.39, 0.29) is 0 Å². The lowest BCUT2D eigenvalue weighted by atomic mass is 9.95. The summed E-state index contributed by atoms with van der Waals surface area (Å²) >= 11 is 1.84. The standard InChI is InChI=1S/C45H27N3OS/c1-2-9-29(10-3-1)38-26-39(48-45(47-38)30-18-16-28(17-19-30)32-11-8-24-46-27-32)35-22-21-33(43-36-13-4-6-14-40(36)49-44(35)43)31-20-23-42-37(25-31)34-12-5-7-15-41(34)50-42/h1-27H. The van der Waals surface area contributed by atoms with E-state index in [0.29, 0.717) is 5.82 Å². The second-order valence-electron chi connectivity index (χ2n) is 12.4. The Balaban J connectivity index is 1.18. The van der Waals surface area contributed by atoms with Crippen molar-refractivity contribution in [2.24, 2.45) is 0 Å². The summed E-state index contributed by atoms with van der Waals surface area (Å²) in [6.45, 7) is 0. The van der Waals surface area contributed by atoms with Crippen LogP contribution in [0.25, 0.3) is 98.3 Å². The third-order valence-corrected chi connectivity index (χ3v) is 10.6. The molecule has 0 N–H and O–H groups in total. The zero-order valence-corrected chi connectivity index (χ0v) is 27.6. The van der Waals surface area contributed by atoms with E-state index in [4.69, 9.17) is 14.4 Å². The number of aromatic nitrogens is 3. The summed E-state index contributed by atoms with van der Waals surface area (Å²) in [4.78, 5) is 14.6. The molecule has 0 spiro atoms. The Labute approximate surface area is 292 Å². The maximum absolute atomic E-state index is 6.73. The van der Waals surface area contributed by atoms with Gasteiger partial charge in [-0.1, -0.05) is 109 Å². The van der Waals surface area contributed by atoms with Crippen LogP contribution in [0.15, 0.2) is 168 Å². The first-order valence-electron chi connectivity index (χ1n) is 16.6. The van der Waals surface area contributed by atoms with Gasteiger partial charge in [-0.25, -0.2) is 9.97 Å². The van der Waals surface area contributed by atoms with E-state index in [9.17, 15) is 0 Å². The zero-order chi connectivity index (χ0) is 33.0. The number of rotatable bonds is 5. The Hall–Kier alpha value is -6.43. The lowest BCUT2D eigenvalue weighted by molar-refractivity contribution is 0.670. The second-order valence-corrected chi connectivity index (χ2v) is 13.5. The van der Waals surface area contributed by atoms with Gasteiger partial charge in [0.1, 0.15) is 11.2 Å². The fourth-order valence-electron chi connectivity index (χ4n) is 6.98. The molecule has 0 radical (unpaired) electrons. The molecule has 0 aliphatic carbocycles. The minimum absolute atomic E-state index is 0.655. The van der Waals surface area contributed by atoms with Crippen molar-refractivity contribution in [2.75, 3.05) is 0 Å². The SMILES string of the molecule is c1ccc(-c2cc(-c3ccc(-c4ccc5sc6ccccc6c5c4)c4c3oc3ccccc34)nc(-c3ccc(-c4cccnc4)cc3)n2)cc1. The molecule has 234 valence electrons. The van der Waals surface area contributed by atoms with Crippen LogP contribution in [0.5, 0.6) is 0 Å². The average molecular weight is 658 g/mol. The lowest BCUT2D eigenvalue weighted by Crippen LogP contribution is -1.96. The van der Waals surface area contributed by atoms with Gasteiger partial charge in [0.15, 0.2) is 5.82 Å². The van der Waals surface area contributed by atoms with Gasteiger partial charge in [-0.2, -0.15) is 0 Å². The van der Waals surface area contributed by atoms with Crippen LogP contribution in [-0.2, 0) is 0 Å². The van der Waals surface area contributed by atoms with Crippen molar-refractivity contribution in [3.05, 3.63) is 164 Å². The number of hydrogen-bond donors (Lipinski definition) is 0. The summed E-state index contributed by atoms with van der Waals surface area (Å²) in [5.41, 5.74) is 10.7. The highest BCUT2D eigenvalue weighted by Crippen LogP contribution is 2.44. The van der Waals surface area contributed by atoms with Crippen molar-refractivity contribution in [2.45, 2.75) is 0 Å². The molecule has 4 heterocycles. The molecular formula is C45H27N3OS. The van der Waals surface area contributed by atoms with E-state index in [1.807, 2.05) is 53.9 Å². The van der Waals surface area contributed by atoms with E-state index in [1.54, 1.807) is 6.20 Å². The van der Waals surface area contributed by atoms with Gasteiger partial charge >= 0.3 is 0 Å². The van der Waals surface area contributed by atoms with Gasteiger partial charge in [0.2, 0.25) is 0 Å². The predicted octanol–water partition coefficient (Wildman–Crippen LogP) is 12.5. The molecule has 0 fully saturated rings. The maximum Gasteiger partial charge on any atom is 0.160 e. The summed E-state index contributed by atoms with van der Waals surface area (Å²) < 4.78 is 9.32. The van der Waals surface area contributed by atoms with Gasteiger partial charge < -0.3 is 4.42 Å². The number of furan rings is 1. The number of fused-ring (bicyclic) bond motifs is 6. The highest BCUT2D eigenvalue weighted by molar-refractivity contribution is 7.25. The molecule has 0 aliphatic rings. The Kier molecular flexibility index (Phi) is 6.64. The molecule has 0 atom stereocenters. The molecule has 0 amide bonds. The zero-order valence-electron chi connectivity index (χ0n) is 26.7. The first kappa shape index (κ1) is 28.6. The Morgan fingerprint density at radius 1 is 0.460 bits per heavy atom. The van der Waals surface area contributed by atoms with Crippen LogP contribution in [-0.4, -0.2) is 15.0 Å². The number of hydrogen-bond acceptors (Lipinski definition) is 5. The lowest BCUT2D eigenvalue weighted by Gasteiger charge is -2.12. The van der Waals surface area contributed by atoms with Gasteiger partial charge in [0.25, 0.3) is 0 Å². The van der Waals surface area contributed by atoms with Crippen molar-refractivity contribution in [1.82, 2.24) is 15.0 Å². The molecule has 10 rings (SSSR count). The summed E-state index contributed by atoms with van der Waals surface area (Å²) in [7, 11) is 0. The predicted molar refractivity (Wildman–Crippen MR) is 207 cm³/mol. The smallest absolute Gasteiger partial charge is 0.160 e. The largest absolute Gasteiger partial charge is 0.455 e. The van der Waals surface area contributed by atoms with Gasteiger partial charge in [-0.05, 0) is 64.7 Å². The average Bonchev–Trinajstić information content (AvgIpc) is 3.77. The minimum atomic E-state index is 0.655. The third-order valence-electron chi connectivity index (χ3n) is 9.42. The fourth-order valence-corrected chi connectivity index (χ4v) is 8.07. The van der Waals surface area contributed by atoms with Crippen LogP contribution in [0.1, 0.15) is 0 Å². The Bertz CT molecular complexity index is 2860. The van der Waals surface area contributed by atoms with Crippen LogP contribution < -0.4 is 0 Å². The molecule has 0 bridgehead atoms. The monoisotopic (exact) mass is 657 g/mol. The van der Waals surface area contributed by atoms with Gasteiger partial charge in [-0.3, -0.25) is 4.98 Å². The Morgan fingerprint density at radius 2 is 1.16 bits per heavy atom. The first-order chi connectivity index (χ1) is 24.8. The summed E-state index contributed by atoms with van der Waals surface area (Å²) in [6.07, 6.45) is 3.67. The van der Waals surface area contributed by atoms with Crippen LogP contribution in [0.4, 0.5) is 0 Å². The number of nitrogens with zero attached hydrogens (tertiary/aromatic N) is 3. The molecule has 0 saturated heterocycles. The van der Waals surface area contributed by atoms with Crippen LogP contribution in [0.2, 0.25) is 0 Å². The number of pyridine rings is 1. The second kappa shape index (κ2) is 11.6. The van der Waals surface area contributed by atoms with Gasteiger partial charge in [-0.15, -0.1) is 11.3 Å². The third kappa shape index (κ3) is 4.79. The summed E-state index contributed by atoms with van der Waals surface area (Å²) in [5.74, 6) is 0.655. The molecule has 0 aliphatic heterocycles. The van der Waals surface area contributed by atoms with E-state index in [0.717, 1.165) is 72.3 Å². The molecule has 0 unspecified atom stereocenters. The van der Waals surface area contributed by atoms with Gasteiger partial charge in [0.05, 0.1) is 11.4 Å². The van der Waals surface area contributed by atoms with Crippen LogP contribution in [0, 0.1) is 0 Å². The first-order valence-corrected chi connectivity index (χ1v) is 17.4. The van der Waals surface area contributed by atoms with Crippen molar-refractivity contribution in [3.63, 3.8) is 0 Å². The van der Waals surface area contributed by atoms with Crippen molar-refractivity contribution < 1.29 is 4.42 Å². The molecule has 4 aromatic heterocycles. The van der Waals surface area contributed by atoms with Crippen molar-refractivity contribution in [1.29, 1.82) is 0 Å². The maximum atomic E-state index is 6.73. The van der Waals surface area contributed by atoms with E-state index < -0.39 is 0 Å². The molecule has 5 heteroatoms. The van der Waals surface area contributed by atoms with E-state index in [1.165, 1.54) is 20.2 Å². The van der Waals surface area contributed by atoms with Gasteiger partial charge in [0, 0.05) is 60.0 Å². The number of benzene rings is 6. The van der Waals surface area contributed by atoms with Crippen molar-refractivity contribution >= 4 is 53.4 Å².